The summed E-state index contributed by atoms with van der Waals surface area (Å²) in [7, 11) is 0. The largest absolute Gasteiger partial charge is 0.444 e. The molecular formula is C67H86FN21O12. The number of imidazole rings is 4. The average Bonchev–Trinajstić information content (AvgIpc) is 1.59. The first-order valence-electron chi connectivity index (χ1n) is 33.3. The number of nitrogens with one attached hydrogen (secondary N) is 5. The molecule has 7 saturated carbocycles. The number of aliphatic hydroxyl groups is 1. The van der Waals surface area contributed by atoms with E-state index in [1.807, 2.05) is 87.1 Å². The Morgan fingerprint density at radius 1 is 0.584 bits per heavy atom. The number of rotatable bonds is 11. The molecule has 0 spiro atoms. The summed E-state index contributed by atoms with van der Waals surface area (Å²) in [6.07, 6.45) is 30.1. The Kier molecular flexibility index (Phi) is 24.7. The number of aromatic amines is 1. The molecular weight excluding hydrogens is 1310 g/mol. The molecule has 0 aliphatic heterocycles. The predicted molar refractivity (Wildman–Crippen MR) is 372 cm³/mol. The van der Waals surface area contributed by atoms with Gasteiger partial charge in [0.1, 0.15) is 47.8 Å². The van der Waals surface area contributed by atoms with Gasteiger partial charge in [0, 0.05) is 91.7 Å². The van der Waals surface area contributed by atoms with Gasteiger partial charge < -0.3 is 67.5 Å². The molecule has 7 aliphatic rings. The van der Waals surface area contributed by atoms with Crippen LogP contribution in [-0.4, -0.2) is 143 Å². The molecule has 0 radical (unpaired) electrons. The summed E-state index contributed by atoms with van der Waals surface area (Å²) < 4.78 is 30.9. The number of hydrogen-bond donors (Lipinski definition) is 8. The summed E-state index contributed by atoms with van der Waals surface area (Å²) in [6, 6.07) is 19.5. The number of nitrogens with two attached hydrogens (primary N) is 2. The van der Waals surface area contributed by atoms with Gasteiger partial charge in [-0.3, -0.25) is 27.8 Å². The first kappa shape index (κ1) is 74.2. The molecule has 10 N–H and O–H groups in total. The van der Waals surface area contributed by atoms with Crippen LogP contribution in [0.2, 0.25) is 0 Å². The molecule has 34 heteroatoms. The number of amides is 2. The molecule has 538 valence electrons. The molecule has 9 heterocycles. The van der Waals surface area contributed by atoms with Crippen molar-refractivity contribution < 1.29 is 43.2 Å². The van der Waals surface area contributed by atoms with Crippen molar-refractivity contribution in [3.05, 3.63) is 176 Å². The normalized spacial score (nSPS) is 18.4. The first-order valence-corrected chi connectivity index (χ1v) is 33.3. The number of alkyl carbamates (subject to hydrolysis) is 2. The number of carbonyl (C=O) groups is 3. The number of ether oxygens (including phenoxy) is 2. The van der Waals surface area contributed by atoms with Gasteiger partial charge in [0.25, 0.3) is 0 Å². The minimum Gasteiger partial charge on any atom is -0.444 e. The lowest BCUT2D eigenvalue weighted by atomic mass is 9.86. The fourth-order valence-electron chi connectivity index (χ4n) is 9.89. The highest BCUT2D eigenvalue weighted by Gasteiger charge is 2.38. The highest BCUT2D eigenvalue weighted by molar-refractivity contribution is 5.78. The van der Waals surface area contributed by atoms with Gasteiger partial charge in [0.15, 0.2) is 11.3 Å². The smallest absolute Gasteiger partial charge is 0.407 e. The zero-order valence-electron chi connectivity index (χ0n) is 57.0. The number of nitrogen functional groups attached to an aromatic ring is 1. The van der Waals surface area contributed by atoms with Crippen molar-refractivity contribution in [2.75, 3.05) is 16.4 Å². The zero-order valence-corrected chi connectivity index (χ0v) is 57.0. The van der Waals surface area contributed by atoms with Crippen LogP contribution in [0.5, 0.6) is 0 Å². The molecule has 7 aliphatic carbocycles. The second-order valence-corrected chi connectivity index (χ2v) is 27.0. The first-order chi connectivity index (χ1) is 48.2. The second kappa shape index (κ2) is 33.7. The van der Waals surface area contributed by atoms with Gasteiger partial charge in [0.2, 0.25) is 5.82 Å². The maximum Gasteiger partial charge on any atom is 0.407 e. The Balaban J connectivity index is 0.000000139. The van der Waals surface area contributed by atoms with E-state index < -0.39 is 44.9 Å². The number of carbonyl (C=O) groups excluding carboxylic acids is 3. The molecule has 2 amide bonds. The SMILES string of the molecule is CC(C)(C)OC(=O)NC1CC(O)C1.CC(C)(C)OC(=O)NC1CC(n2c(=O)n(C3CC3)c3cccnc32)C1.NC1CC1.Nc1ncccc1NC1CC1.O=C(n1ccnc1)n1ccnc1.O=[N+]([O-])c1ncccc1F.O=[N+]([O-])c1ncccc1NC1CC1.O=c1[nH]c2ncccc2n1C1CC1. The minimum absolute atomic E-state index is 0.0249. The average molecular weight is 1400 g/mol. The van der Waals surface area contributed by atoms with Gasteiger partial charge in [-0.2, -0.15) is 4.39 Å². The predicted octanol–water partition coefficient (Wildman–Crippen LogP) is 9.49. The van der Waals surface area contributed by atoms with E-state index in [2.05, 4.69) is 61.1 Å². The fourth-order valence-corrected chi connectivity index (χ4v) is 9.89. The Hall–Kier alpha value is -11.0. The van der Waals surface area contributed by atoms with Gasteiger partial charge in [-0.1, -0.05) is 0 Å². The lowest BCUT2D eigenvalue weighted by molar-refractivity contribution is -0.392. The Morgan fingerprint density at radius 3 is 1.51 bits per heavy atom. The Bertz CT molecular complexity index is 4310. The van der Waals surface area contributed by atoms with Crippen LogP contribution in [0.25, 0.3) is 22.3 Å². The highest BCUT2D eigenvalue weighted by atomic mass is 19.1. The van der Waals surface area contributed by atoms with Crippen molar-refractivity contribution in [2.24, 2.45) is 5.73 Å². The number of fused-ring (bicyclic) bond motifs is 2. The summed E-state index contributed by atoms with van der Waals surface area (Å²) in [5.41, 5.74) is 14.7. The number of anilines is 3. The Morgan fingerprint density at radius 2 is 1.05 bits per heavy atom. The lowest BCUT2D eigenvalue weighted by Crippen LogP contribution is -2.48. The van der Waals surface area contributed by atoms with E-state index in [0.29, 0.717) is 60.2 Å². The van der Waals surface area contributed by atoms with Crippen molar-refractivity contribution in [3.8, 4) is 0 Å². The van der Waals surface area contributed by atoms with Crippen LogP contribution in [0, 0.1) is 26.0 Å². The molecule has 7 fully saturated rings. The lowest BCUT2D eigenvalue weighted by Gasteiger charge is -2.36. The molecule has 0 bridgehead atoms. The maximum absolute atomic E-state index is 12.9. The van der Waals surface area contributed by atoms with Gasteiger partial charge in [-0.15, -0.1) is 0 Å². The molecule has 16 rings (SSSR count). The van der Waals surface area contributed by atoms with E-state index in [0.717, 1.165) is 79.8 Å². The molecule has 0 atom stereocenters. The van der Waals surface area contributed by atoms with E-state index in [4.69, 9.17) is 26.0 Å². The number of nitro groups is 2. The summed E-state index contributed by atoms with van der Waals surface area (Å²) in [6.45, 7) is 11.0. The molecule has 0 aromatic carbocycles. The van der Waals surface area contributed by atoms with Crippen LogP contribution in [0.15, 0.2) is 139 Å². The van der Waals surface area contributed by atoms with E-state index in [9.17, 15) is 48.6 Å². The molecule has 9 aromatic rings. The van der Waals surface area contributed by atoms with Gasteiger partial charge in [-0.05, 0) is 212 Å². The van der Waals surface area contributed by atoms with Gasteiger partial charge in [-0.25, -0.2) is 48.9 Å². The second-order valence-electron chi connectivity index (χ2n) is 27.0. The summed E-state index contributed by atoms with van der Waals surface area (Å²) in [5, 5.41) is 41.3. The fraction of sp³-hybridized carbons (Fsp3) is 0.463. The number of halogens is 1. The molecule has 0 unspecified atom stereocenters. The van der Waals surface area contributed by atoms with Crippen molar-refractivity contribution in [1.82, 2.24) is 73.3 Å². The number of nitrogens with zero attached hydrogens (tertiary/aromatic N) is 14. The van der Waals surface area contributed by atoms with Crippen molar-refractivity contribution in [2.45, 2.75) is 197 Å². The van der Waals surface area contributed by atoms with Crippen LogP contribution >= 0.6 is 0 Å². The minimum atomic E-state index is -0.910. The monoisotopic (exact) mass is 1400 g/mol. The third-order valence-corrected chi connectivity index (χ3v) is 15.7. The highest BCUT2D eigenvalue weighted by Crippen LogP contribution is 2.39. The molecule has 101 heavy (non-hydrogen) atoms. The van der Waals surface area contributed by atoms with E-state index in [1.54, 1.807) is 60.1 Å². The number of hydrogen-bond acceptors (Lipinski definition) is 23. The van der Waals surface area contributed by atoms with Crippen LogP contribution < -0.4 is 44.1 Å². The zero-order chi connectivity index (χ0) is 72.5. The third kappa shape index (κ3) is 23.0. The topological polar surface area (TPSA) is 441 Å². The Labute approximate surface area is 579 Å². The summed E-state index contributed by atoms with van der Waals surface area (Å²) >= 11 is 0. The van der Waals surface area contributed by atoms with E-state index in [1.165, 1.54) is 65.9 Å². The number of aromatic nitrogens is 13. The van der Waals surface area contributed by atoms with Gasteiger partial charge >= 0.3 is 41.2 Å². The standard InChI is InChI=1S/C18H24N4O3.C9H9N3O.C9H17NO3.C8H9N3O2.C8H11N3.C7H6N4O.C5H3FN2O2.C3H7N/c1-18(2,3)25-16(23)20-11-9-13(10-11)22-15-14(5-4-8-19-15)21(17(22)24)12-6-7-12;13-9-11-8-7(2-1-5-10-8)12(9)6-3-4-6;1-9(2,3)13-8(12)10-6-4-7(11)5-6;12-11(13)8-7(2-1-5-9-8)10-6-3-4-6;9-8-7(2-1-5-10-8)11-6-3-4-6;12-7(10-3-1-8-5-10)11-4-2-9-6-11;6-4-2-1-3-7-5(4)8(9)10;4-3-1-2-3/h4-5,8,11-13H,6-7,9-10H2,1-3H3,(H,20,23);1-2,5-6H,3-4H2,(H,10,11,13);6-7,11H,4-5H2,1-3H3,(H,10,12);1-2,5-6,10H,3-4H2;1-2,5-6,11H,3-4H2,(H2,9,10);1-6H;1-3H;3H,1-2,4H2. The summed E-state index contributed by atoms with van der Waals surface area (Å²) in [4.78, 5) is 108. The molecule has 0 saturated heterocycles. The van der Waals surface area contributed by atoms with Gasteiger partial charge in [0.05, 0.1) is 22.8 Å². The van der Waals surface area contributed by atoms with Crippen LogP contribution in [-0.2, 0) is 9.47 Å². The van der Waals surface area contributed by atoms with E-state index in [-0.39, 0.29) is 47.5 Å². The maximum atomic E-state index is 12.9. The van der Waals surface area contributed by atoms with E-state index >= 15 is 0 Å². The third-order valence-electron chi connectivity index (χ3n) is 15.7. The van der Waals surface area contributed by atoms with Crippen molar-refractivity contribution in [3.63, 3.8) is 0 Å². The number of H-pyrrole nitrogens is 1. The number of pyridine rings is 5. The quantitative estimate of drug-likeness (QED) is 0.0441. The molecule has 9 aromatic heterocycles. The van der Waals surface area contributed by atoms with Crippen molar-refractivity contribution in [1.29, 1.82) is 0 Å². The van der Waals surface area contributed by atoms with Crippen LogP contribution in [0.3, 0.4) is 0 Å². The molecule has 33 nitrogen and oxygen atoms in total. The summed E-state index contributed by atoms with van der Waals surface area (Å²) in [5.74, 6) is -1.14. The number of aliphatic hydroxyl groups excluding tert-OH is 1. The van der Waals surface area contributed by atoms with Crippen LogP contribution in [0.1, 0.15) is 150 Å². The van der Waals surface area contributed by atoms with Crippen molar-refractivity contribution >= 4 is 69.4 Å². The van der Waals surface area contributed by atoms with Crippen LogP contribution in [0.4, 0.5) is 47.6 Å².